The van der Waals surface area contributed by atoms with Crippen LogP contribution in [-0.2, 0) is 14.6 Å². The molecule has 23 heavy (non-hydrogen) atoms. The number of sulfone groups is 1. The molecule has 2 aromatic carbocycles. The second-order valence-electron chi connectivity index (χ2n) is 4.93. The Balaban J connectivity index is 1.74. The molecule has 3 aromatic rings. The van der Waals surface area contributed by atoms with Crippen LogP contribution in [0.15, 0.2) is 58.8 Å². The third-order valence-corrected chi connectivity index (χ3v) is 6.01. The van der Waals surface area contributed by atoms with Gasteiger partial charge in [0, 0.05) is 15.4 Å². The zero-order valence-corrected chi connectivity index (χ0v) is 14.2. The first-order valence-corrected chi connectivity index (χ1v) is 9.60. The standard InChI is InChI=1S/C16H12ClNO3S2/c17-12-1-4-14(5-2-12)23(20,21)10-16(19)18-13-3-6-15-11(9-13)7-8-22-15/h1-9H,10H2,(H,18,19). The molecule has 7 heteroatoms. The molecule has 0 aliphatic heterocycles. The molecule has 1 N–H and O–H groups in total. The van der Waals surface area contributed by atoms with Crippen LogP contribution in [0.4, 0.5) is 5.69 Å². The molecule has 118 valence electrons. The first-order valence-electron chi connectivity index (χ1n) is 6.69. The third kappa shape index (κ3) is 3.72. The minimum atomic E-state index is -3.70. The number of thiophene rings is 1. The van der Waals surface area contributed by atoms with Gasteiger partial charge < -0.3 is 5.32 Å². The molecular weight excluding hydrogens is 354 g/mol. The average Bonchev–Trinajstić information content (AvgIpc) is 2.94. The molecule has 1 heterocycles. The number of rotatable bonds is 4. The number of carbonyl (C=O) groups excluding carboxylic acids is 1. The number of benzene rings is 2. The second kappa shape index (κ2) is 6.31. The quantitative estimate of drug-likeness (QED) is 0.761. The number of nitrogens with one attached hydrogen (secondary N) is 1. The highest BCUT2D eigenvalue weighted by atomic mass is 35.5. The molecule has 4 nitrogen and oxygen atoms in total. The van der Waals surface area contributed by atoms with Crippen molar-refractivity contribution in [1.82, 2.24) is 0 Å². The third-order valence-electron chi connectivity index (χ3n) is 3.23. The van der Waals surface area contributed by atoms with E-state index in [0.717, 1.165) is 10.1 Å². The molecule has 0 fully saturated rings. The highest BCUT2D eigenvalue weighted by molar-refractivity contribution is 7.92. The monoisotopic (exact) mass is 365 g/mol. The summed E-state index contributed by atoms with van der Waals surface area (Å²) in [5.74, 6) is -1.19. The number of hydrogen-bond donors (Lipinski definition) is 1. The number of hydrogen-bond acceptors (Lipinski definition) is 4. The number of halogens is 1. The van der Waals surface area contributed by atoms with E-state index in [1.165, 1.54) is 24.3 Å². The lowest BCUT2D eigenvalue weighted by Crippen LogP contribution is -2.22. The maximum Gasteiger partial charge on any atom is 0.239 e. The lowest BCUT2D eigenvalue weighted by Gasteiger charge is -2.07. The topological polar surface area (TPSA) is 63.2 Å². The van der Waals surface area contributed by atoms with Crippen LogP contribution in [0, 0.1) is 0 Å². The Bertz CT molecular complexity index is 962. The van der Waals surface area contributed by atoms with Crippen molar-refractivity contribution >= 4 is 54.5 Å². The van der Waals surface area contributed by atoms with Crippen molar-refractivity contribution in [2.75, 3.05) is 11.1 Å². The van der Waals surface area contributed by atoms with E-state index in [-0.39, 0.29) is 4.90 Å². The summed E-state index contributed by atoms with van der Waals surface area (Å²) in [6.45, 7) is 0. The van der Waals surface area contributed by atoms with Crippen molar-refractivity contribution in [3.63, 3.8) is 0 Å². The summed E-state index contributed by atoms with van der Waals surface area (Å²) >= 11 is 7.34. The fourth-order valence-electron chi connectivity index (χ4n) is 2.14. The van der Waals surface area contributed by atoms with Crippen molar-refractivity contribution in [3.05, 3.63) is 58.9 Å². The van der Waals surface area contributed by atoms with Gasteiger partial charge in [0.1, 0.15) is 5.75 Å². The van der Waals surface area contributed by atoms with Crippen LogP contribution in [0.3, 0.4) is 0 Å². The van der Waals surface area contributed by atoms with Crippen LogP contribution in [-0.4, -0.2) is 20.1 Å². The summed E-state index contributed by atoms with van der Waals surface area (Å²) in [7, 11) is -3.70. The lowest BCUT2D eigenvalue weighted by molar-refractivity contribution is -0.113. The maximum absolute atomic E-state index is 12.2. The molecule has 0 atom stereocenters. The van der Waals surface area contributed by atoms with Gasteiger partial charge in [0.15, 0.2) is 9.84 Å². The molecule has 0 saturated carbocycles. The van der Waals surface area contributed by atoms with Gasteiger partial charge in [0.25, 0.3) is 0 Å². The molecule has 0 bridgehead atoms. The number of carbonyl (C=O) groups is 1. The van der Waals surface area contributed by atoms with Gasteiger partial charge in [-0.15, -0.1) is 11.3 Å². The van der Waals surface area contributed by atoms with E-state index < -0.39 is 21.5 Å². The first-order chi connectivity index (χ1) is 10.9. The van der Waals surface area contributed by atoms with Gasteiger partial charge in [0.2, 0.25) is 5.91 Å². The smallest absolute Gasteiger partial charge is 0.239 e. The van der Waals surface area contributed by atoms with Crippen LogP contribution in [0.2, 0.25) is 5.02 Å². The van der Waals surface area contributed by atoms with Crippen LogP contribution in [0.25, 0.3) is 10.1 Å². The minimum absolute atomic E-state index is 0.0744. The summed E-state index contributed by atoms with van der Waals surface area (Å²) in [5.41, 5.74) is 0.576. The molecule has 0 radical (unpaired) electrons. The number of fused-ring (bicyclic) bond motifs is 1. The van der Waals surface area contributed by atoms with Crippen molar-refractivity contribution < 1.29 is 13.2 Å². The van der Waals surface area contributed by atoms with Gasteiger partial charge >= 0.3 is 0 Å². The maximum atomic E-state index is 12.2. The zero-order chi connectivity index (χ0) is 16.4. The molecule has 0 unspecified atom stereocenters. The van der Waals surface area contributed by atoms with E-state index in [2.05, 4.69) is 5.32 Å². The summed E-state index contributed by atoms with van der Waals surface area (Å²) in [5, 5.41) is 6.03. The van der Waals surface area contributed by atoms with E-state index in [0.29, 0.717) is 10.7 Å². The lowest BCUT2D eigenvalue weighted by atomic mass is 10.2. The number of amides is 1. The molecule has 0 aliphatic carbocycles. The molecule has 0 spiro atoms. The van der Waals surface area contributed by atoms with E-state index in [4.69, 9.17) is 11.6 Å². The van der Waals surface area contributed by atoms with Gasteiger partial charge in [-0.25, -0.2) is 8.42 Å². The predicted octanol–water partition coefficient (Wildman–Crippen LogP) is 3.97. The normalized spacial score (nSPS) is 11.5. The van der Waals surface area contributed by atoms with Crippen LogP contribution >= 0.6 is 22.9 Å². The van der Waals surface area contributed by atoms with Gasteiger partial charge in [-0.05, 0) is 59.3 Å². The van der Waals surface area contributed by atoms with Crippen LogP contribution < -0.4 is 5.32 Å². The Morgan fingerprint density at radius 2 is 1.83 bits per heavy atom. The summed E-state index contributed by atoms with van der Waals surface area (Å²) in [4.78, 5) is 12.1. The molecule has 0 saturated heterocycles. The fraction of sp³-hybridized carbons (Fsp3) is 0.0625. The summed E-state index contributed by atoms with van der Waals surface area (Å²) in [6.07, 6.45) is 0. The molecule has 3 rings (SSSR count). The predicted molar refractivity (Wildman–Crippen MR) is 94.0 cm³/mol. The summed E-state index contributed by atoms with van der Waals surface area (Å²) in [6, 6.07) is 13.2. The van der Waals surface area contributed by atoms with Crippen LogP contribution in [0.5, 0.6) is 0 Å². The van der Waals surface area contributed by atoms with Gasteiger partial charge in [-0.2, -0.15) is 0 Å². The highest BCUT2D eigenvalue weighted by Crippen LogP contribution is 2.24. The molecule has 1 amide bonds. The second-order valence-corrected chi connectivity index (χ2v) is 8.31. The van der Waals surface area contributed by atoms with E-state index >= 15 is 0 Å². The van der Waals surface area contributed by atoms with Crippen LogP contribution in [0.1, 0.15) is 0 Å². The fourth-order valence-corrected chi connectivity index (χ4v) is 4.17. The largest absolute Gasteiger partial charge is 0.325 e. The Morgan fingerprint density at radius 1 is 1.09 bits per heavy atom. The van der Waals surface area contributed by atoms with Crippen molar-refractivity contribution in [3.8, 4) is 0 Å². The Hall–Kier alpha value is -1.89. The van der Waals surface area contributed by atoms with Gasteiger partial charge in [-0.3, -0.25) is 4.79 Å². The van der Waals surface area contributed by atoms with Gasteiger partial charge in [0.05, 0.1) is 4.90 Å². The Kier molecular flexibility index (Phi) is 4.39. The van der Waals surface area contributed by atoms with Gasteiger partial charge in [-0.1, -0.05) is 11.6 Å². The Morgan fingerprint density at radius 3 is 2.57 bits per heavy atom. The highest BCUT2D eigenvalue weighted by Gasteiger charge is 2.19. The average molecular weight is 366 g/mol. The number of anilines is 1. The van der Waals surface area contributed by atoms with E-state index in [9.17, 15) is 13.2 Å². The van der Waals surface area contributed by atoms with Crippen molar-refractivity contribution in [2.24, 2.45) is 0 Å². The summed E-state index contributed by atoms with van der Waals surface area (Å²) < 4.78 is 25.5. The minimum Gasteiger partial charge on any atom is -0.325 e. The van der Waals surface area contributed by atoms with Crippen molar-refractivity contribution in [1.29, 1.82) is 0 Å². The molecule has 0 aliphatic rings. The molecular formula is C16H12ClNO3S2. The zero-order valence-electron chi connectivity index (χ0n) is 11.8. The Labute approximate surface area is 142 Å². The van der Waals surface area contributed by atoms with Crippen molar-refractivity contribution in [2.45, 2.75) is 4.90 Å². The van der Waals surface area contributed by atoms with E-state index in [1.807, 2.05) is 23.6 Å². The SMILES string of the molecule is O=C(CS(=O)(=O)c1ccc(Cl)cc1)Nc1ccc2sccc2c1. The first kappa shape index (κ1) is 16.0. The molecule has 1 aromatic heterocycles. The van der Waals surface area contributed by atoms with E-state index in [1.54, 1.807) is 17.4 Å².